The molecule has 0 radical (unpaired) electrons. The molecule has 147 heavy (non-hydrogen) atoms. The van der Waals surface area contributed by atoms with Gasteiger partial charge in [-0.25, -0.2) is 59.0 Å². The molecule has 7 atom stereocenters. The number of aromatic nitrogens is 13. The van der Waals surface area contributed by atoms with Crippen molar-refractivity contribution in [3.8, 4) is 68.7 Å². The molecule has 10 aliphatic rings. The van der Waals surface area contributed by atoms with Crippen LogP contribution in [0.3, 0.4) is 0 Å². The highest BCUT2D eigenvalue weighted by Gasteiger charge is 2.47. The molecular weight excluding hydrogens is 2010 g/mol. The molecule has 49 heteroatoms. The molecule has 0 saturated carbocycles. The second kappa shape index (κ2) is 43.8. The van der Waals surface area contributed by atoms with Gasteiger partial charge in [0.25, 0.3) is 0 Å². The summed E-state index contributed by atoms with van der Waals surface area (Å²) in [6.07, 6.45) is 4.65. The van der Waals surface area contributed by atoms with Crippen molar-refractivity contribution in [1.82, 2.24) is 64.8 Å². The number of carbonyl (C=O) groups is 4. The summed E-state index contributed by atoms with van der Waals surface area (Å²) in [6, 6.07) is 28.6. The normalized spacial score (nSPS) is 18.5. The van der Waals surface area contributed by atoms with Gasteiger partial charge in [-0.1, -0.05) is 70.7 Å². The third-order valence-electron chi connectivity index (χ3n) is 25.7. The second-order valence-electron chi connectivity index (χ2n) is 35.9. The maximum atomic E-state index is 13.6. The zero-order valence-corrected chi connectivity index (χ0v) is 81.5. The number of hydrogen-bond acceptors (Lipinski definition) is 31. The Morgan fingerprint density at radius 3 is 1.22 bits per heavy atom. The first-order valence-corrected chi connectivity index (χ1v) is 48.6. The molecule has 6 fully saturated rings. The van der Waals surface area contributed by atoms with Gasteiger partial charge in [-0.3, -0.25) is 50.5 Å². The molecule has 20 heterocycles. The first-order chi connectivity index (χ1) is 70.9. The minimum atomic E-state index is -4.54. The van der Waals surface area contributed by atoms with E-state index in [2.05, 4.69) is 85.9 Å². The number of urea groups is 4. The number of carbonyl (C=O) groups excluding carboxylic acids is 4. The second-order valence-corrected chi connectivity index (χ2v) is 37.5. The van der Waals surface area contributed by atoms with Gasteiger partial charge in [0.1, 0.15) is 67.2 Å². The molecule has 0 spiro atoms. The van der Waals surface area contributed by atoms with Crippen molar-refractivity contribution >= 4 is 140 Å². The number of nitrogens with zero attached hydrogens (tertiary/aromatic N) is 21. The minimum absolute atomic E-state index is 0.00185. The summed E-state index contributed by atoms with van der Waals surface area (Å²) in [5.74, 6) is 2.93. The van der Waals surface area contributed by atoms with Crippen molar-refractivity contribution in [2.75, 3.05) is 166 Å². The minimum Gasteiger partial charge on any atom is -0.489 e. The lowest BCUT2D eigenvalue weighted by Crippen LogP contribution is -2.48. The predicted octanol–water partition coefficient (Wildman–Crippen LogP) is 15.5. The van der Waals surface area contributed by atoms with Crippen molar-refractivity contribution < 1.29 is 94.4 Å². The summed E-state index contributed by atoms with van der Waals surface area (Å²) in [4.78, 5) is 126. The van der Waals surface area contributed by atoms with Crippen LogP contribution in [0.15, 0.2) is 165 Å². The van der Waals surface area contributed by atoms with E-state index in [-0.39, 0.29) is 129 Å². The number of halogens is 10. The first-order valence-electron chi connectivity index (χ1n) is 47.1. The molecule has 8 bridgehead atoms. The number of amides is 8. The van der Waals surface area contributed by atoms with E-state index in [1.54, 1.807) is 58.9 Å². The quantitative estimate of drug-likeness (QED) is 0.0329. The third-order valence-corrected chi connectivity index (χ3v) is 26.9. The fourth-order valence-electron chi connectivity index (χ4n) is 18.7. The zero-order chi connectivity index (χ0) is 103. The number of hydrogen-bond donors (Lipinski definition) is 8. The number of nitrogens with one attached hydrogen (secondary N) is 4. The van der Waals surface area contributed by atoms with Crippen LogP contribution in [0.25, 0.3) is 45.0 Å². The van der Waals surface area contributed by atoms with Crippen LogP contribution in [-0.4, -0.2) is 263 Å². The molecule has 39 nitrogen and oxygen atoms in total. The molecule has 12 aromatic rings. The van der Waals surface area contributed by atoms with Gasteiger partial charge in [0.15, 0.2) is 23.3 Å². The fraction of sp³-hybridized carbons (Fsp3) is 0.357. The summed E-state index contributed by atoms with van der Waals surface area (Å²) in [7, 11) is 0. The van der Waals surface area contributed by atoms with Crippen molar-refractivity contribution in [1.29, 1.82) is 0 Å². The number of aliphatic hydroxyl groups is 4. The highest BCUT2D eigenvalue weighted by Crippen LogP contribution is 2.50. The lowest BCUT2D eigenvalue weighted by Gasteiger charge is -2.36. The molecular formula is C98H95Cl4F6N25O14. The van der Waals surface area contributed by atoms with Gasteiger partial charge in [0.2, 0.25) is 5.88 Å². The Kier molecular flexibility index (Phi) is 30.2. The Morgan fingerprint density at radius 2 is 0.816 bits per heavy atom. The number of pyridine rings is 7. The van der Waals surface area contributed by atoms with Gasteiger partial charge in [-0.15, -0.1) is 0 Å². The lowest BCUT2D eigenvalue weighted by molar-refractivity contribution is -0.138. The predicted molar refractivity (Wildman–Crippen MR) is 534 cm³/mol. The average molecular weight is 2100 g/mol. The van der Waals surface area contributed by atoms with Gasteiger partial charge in [-0.05, 0) is 124 Å². The van der Waals surface area contributed by atoms with Gasteiger partial charge >= 0.3 is 48.5 Å². The number of aryl methyl sites for hydroxylation is 2. The number of rotatable bonds is 20. The average Bonchev–Trinajstić information content (AvgIpc) is 1.66. The summed E-state index contributed by atoms with van der Waals surface area (Å²) in [5.41, 5.74) is 6.85. The number of alkyl halides is 6. The molecule has 8 amide bonds. The SMILES string of the molecule is Cc1cc(-c2nc3c(cc2Cl)N2CC[C@@H](C2)N3C(=O)Nc2ccnc(OC3CCOCC3)n2)ccn1.Cc1cc(-c2nc3c(cc2Cl)N2CC[C@@H](C2)N3C(=O)Nc2ccnc(O[C@@H]3CCOC3)n2)ccn1.O=C(Nc1cc(OC[C@H](O)CO)ncn1)N1c2nc(-c3cccc(C(F)(F)F)c3)c(Cl)cc2N2CC[C@H]1C2.O=C(Nc1cncc(OC[C@H](O)CO)c1)N1c2nc(-c3cccc(C(F)(F)F)c3)c(Cl)cc2N2CC[C@H]1C2. The van der Waals surface area contributed by atoms with Crippen molar-refractivity contribution in [2.45, 2.75) is 120 Å². The van der Waals surface area contributed by atoms with Crippen LogP contribution in [0.2, 0.25) is 20.1 Å². The fourth-order valence-corrected chi connectivity index (χ4v) is 19.7. The standard InChI is InChI=1S/C25H23ClF3N5O4.C25H26ClN7O3.C24H22ClF3N6O4.C24H24ClN7O3/c26-20-8-21-23(32-22(20)14-2-1-3-15(6-14)25(27,28)29)34(17-4-5-33(21)11-17)24(37)31-16-7-19(10-30-9-16)38-13-18(36)12-35;1-15-12-16(2-7-27-15)22-19(26)13-20-23(31-22)33(17-4-9-32(20)14-17)25(34)30-21-3-8-28-24(29-21)36-18-5-10-35-11-6-18;25-17-7-18-22(32-21(17)13-2-1-3-14(6-13)24(26,27)28)34(15-4-5-33(18)9-15)23(37)31-19-8-20(30-12-29-19)38-11-16(36)10-35;1-14-10-15(2-6-26-14)21-18(25)11-19-22(30-21)32(16-4-8-31(19)12-16)24(33)29-20-3-7-27-23(28-20)35-17-5-9-34-13-17/h1-3,6-10,17-18,35-36H,4-5,11-13H2,(H,31,37);2-3,7-8,12-13,17-18H,4-6,9-11,14H2,1H3,(H,28,29,30,34);1-3,6-8,12,15-16,35-36H,4-5,9-11H2,(H,29,30,31,37);2-3,6-7,10-11,16-17H,4-5,8-9,12-13H2,1H3,(H,27,28,29,33)/t17-,18+;17-;15-,16+;16-,17+/m0000/s1. The topological polar surface area (TPSA) is 446 Å². The maximum Gasteiger partial charge on any atom is 0.416 e. The highest BCUT2D eigenvalue weighted by molar-refractivity contribution is 6.35. The lowest BCUT2D eigenvalue weighted by atomic mass is 10.1. The van der Waals surface area contributed by atoms with E-state index >= 15 is 0 Å². The number of fused-ring (bicyclic) bond motifs is 16. The monoisotopic (exact) mass is 2100 g/mol. The summed E-state index contributed by atoms with van der Waals surface area (Å²) in [5, 5.41) is 49.5. The number of ether oxygens (including phenoxy) is 6. The summed E-state index contributed by atoms with van der Waals surface area (Å²) < 4.78 is 113. The Balaban J connectivity index is 0.000000124. The van der Waals surface area contributed by atoms with Crippen LogP contribution in [0.4, 0.5) is 115 Å². The summed E-state index contributed by atoms with van der Waals surface area (Å²) >= 11 is 26.3. The third kappa shape index (κ3) is 23.0. The van der Waals surface area contributed by atoms with Crippen LogP contribution in [0.5, 0.6) is 23.7 Å². The smallest absolute Gasteiger partial charge is 0.416 e. The van der Waals surface area contributed by atoms with E-state index in [0.29, 0.717) is 133 Å². The molecule has 22 rings (SSSR count). The Hall–Kier alpha value is -14.3. The largest absolute Gasteiger partial charge is 0.489 e. The Morgan fingerprint density at radius 1 is 0.429 bits per heavy atom. The molecule has 6 saturated heterocycles. The van der Waals surface area contributed by atoms with E-state index in [1.165, 1.54) is 64.9 Å². The van der Waals surface area contributed by atoms with Crippen molar-refractivity contribution in [3.63, 3.8) is 0 Å². The molecule has 0 aliphatic carbocycles. The zero-order valence-electron chi connectivity index (χ0n) is 78.5. The van der Waals surface area contributed by atoms with Crippen molar-refractivity contribution in [2.24, 2.45) is 0 Å². The van der Waals surface area contributed by atoms with E-state index in [4.69, 9.17) is 95.0 Å². The van der Waals surface area contributed by atoms with Gasteiger partial charge in [0, 0.05) is 142 Å². The molecule has 8 N–H and O–H groups in total. The molecule has 10 aromatic heterocycles. The van der Waals surface area contributed by atoms with Crippen LogP contribution < -0.4 is 79.4 Å². The van der Waals surface area contributed by atoms with Crippen LogP contribution >= 0.6 is 46.4 Å². The van der Waals surface area contributed by atoms with E-state index in [0.717, 1.165) is 116 Å². The molecule has 10 aliphatic heterocycles. The Bertz CT molecular complexity index is 6710. The maximum absolute atomic E-state index is 13.6. The molecule has 2 aromatic carbocycles. The van der Waals surface area contributed by atoms with Crippen LogP contribution in [0, 0.1) is 13.8 Å². The number of anilines is 12. The summed E-state index contributed by atoms with van der Waals surface area (Å²) in [6.45, 7) is 10.6. The van der Waals surface area contributed by atoms with Gasteiger partial charge in [-0.2, -0.15) is 36.3 Å². The molecule has 0 unspecified atom stereocenters. The van der Waals surface area contributed by atoms with Crippen molar-refractivity contribution in [3.05, 3.63) is 207 Å². The van der Waals surface area contributed by atoms with E-state index in [1.807, 2.05) is 60.0 Å². The Labute approximate surface area is 855 Å². The van der Waals surface area contributed by atoms with Gasteiger partial charge in [0.05, 0.1) is 159 Å². The van der Waals surface area contributed by atoms with Crippen LogP contribution in [0.1, 0.15) is 67.5 Å². The van der Waals surface area contributed by atoms with Gasteiger partial charge < -0.3 is 73.8 Å². The number of benzene rings is 2. The number of aliphatic hydroxyl groups excluding tert-OH is 4. The van der Waals surface area contributed by atoms with E-state index in [9.17, 15) is 55.7 Å². The molecule has 766 valence electrons. The first kappa shape index (κ1) is 101. The highest BCUT2D eigenvalue weighted by atomic mass is 35.5. The van der Waals surface area contributed by atoms with E-state index < -0.39 is 61.0 Å². The van der Waals surface area contributed by atoms with Crippen LogP contribution in [-0.2, 0) is 21.8 Å².